The fourth-order valence-corrected chi connectivity index (χ4v) is 5.13. The van der Waals surface area contributed by atoms with Crippen molar-refractivity contribution in [3.8, 4) is 0 Å². The van der Waals surface area contributed by atoms with Crippen molar-refractivity contribution in [2.45, 2.75) is 45.2 Å². The smallest absolute Gasteiger partial charge is 0.332 e. The van der Waals surface area contributed by atoms with E-state index in [2.05, 4.69) is 5.32 Å². The number of nitrogens with one attached hydrogen (secondary N) is 1. The van der Waals surface area contributed by atoms with Crippen LogP contribution < -0.4 is 5.32 Å². The van der Waals surface area contributed by atoms with Crippen LogP contribution in [0.4, 0.5) is 4.79 Å². The number of hydrogen-bond donors (Lipinski definition) is 1. The molecule has 0 radical (unpaired) electrons. The van der Waals surface area contributed by atoms with Crippen LogP contribution in [0.1, 0.15) is 25.0 Å². The summed E-state index contributed by atoms with van der Waals surface area (Å²) in [5.74, 6) is -0.484. The van der Waals surface area contributed by atoms with Gasteiger partial charge < -0.3 is 15.1 Å². The topological polar surface area (TPSA) is 82.2 Å². The molecular weight excluding hydrogens is 480 g/mol. The molecule has 0 saturated carbocycles. The number of carbonyl (C=O) groups is 3. The average Bonchev–Trinajstić information content (AvgIpc) is 2.89. The summed E-state index contributed by atoms with van der Waals surface area (Å²) in [6, 6.07) is 19.5. The highest BCUT2D eigenvalue weighted by Crippen LogP contribution is 2.31. The minimum absolute atomic E-state index is 0.163. The summed E-state index contributed by atoms with van der Waals surface area (Å²) in [6.45, 7) is 3.85. The molecule has 36 heavy (non-hydrogen) atoms. The van der Waals surface area contributed by atoms with Crippen LogP contribution in [-0.4, -0.2) is 57.6 Å². The van der Waals surface area contributed by atoms with Crippen LogP contribution in [0.3, 0.4) is 0 Å². The molecule has 186 valence electrons. The molecule has 2 aliphatic rings. The molecular formula is C27H27ClN4O4. The van der Waals surface area contributed by atoms with Gasteiger partial charge in [0.05, 0.1) is 6.04 Å². The highest BCUT2D eigenvalue weighted by Gasteiger charge is 2.52. The second-order valence-electron chi connectivity index (χ2n) is 9.12. The van der Waals surface area contributed by atoms with E-state index in [0.29, 0.717) is 11.6 Å². The molecule has 0 bridgehead atoms. The van der Waals surface area contributed by atoms with Gasteiger partial charge in [0.15, 0.2) is 12.8 Å². The molecule has 1 N–H and O–H groups in total. The van der Waals surface area contributed by atoms with E-state index in [1.807, 2.05) is 61.5 Å². The lowest BCUT2D eigenvalue weighted by Gasteiger charge is -2.53. The Kier molecular flexibility index (Phi) is 6.55. The first-order chi connectivity index (χ1) is 17.3. The van der Waals surface area contributed by atoms with Crippen LogP contribution in [-0.2, 0) is 27.5 Å². The molecule has 2 saturated heterocycles. The molecule has 5 rings (SSSR count). The van der Waals surface area contributed by atoms with Crippen LogP contribution in [0.2, 0.25) is 5.02 Å². The average molecular weight is 507 g/mol. The zero-order chi connectivity index (χ0) is 25.4. The summed E-state index contributed by atoms with van der Waals surface area (Å²) < 4.78 is 0. The molecule has 2 fully saturated rings. The van der Waals surface area contributed by atoms with Crippen molar-refractivity contribution in [2.75, 3.05) is 6.61 Å². The Morgan fingerprint density at radius 3 is 2.53 bits per heavy atom. The van der Waals surface area contributed by atoms with E-state index in [-0.39, 0.29) is 25.0 Å². The lowest BCUT2D eigenvalue weighted by Crippen LogP contribution is -2.74. The van der Waals surface area contributed by atoms with E-state index in [9.17, 15) is 14.4 Å². The van der Waals surface area contributed by atoms with Gasteiger partial charge in [-0.05, 0) is 47.9 Å². The summed E-state index contributed by atoms with van der Waals surface area (Å²) >= 11 is 5.95. The molecule has 2 aliphatic heterocycles. The second kappa shape index (κ2) is 9.79. The van der Waals surface area contributed by atoms with E-state index in [1.54, 1.807) is 24.0 Å². The van der Waals surface area contributed by atoms with Gasteiger partial charge in [0.25, 0.3) is 5.91 Å². The highest BCUT2D eigenvalue weighted by molar-refractivity contribution is 6.30. The Bertz CT molecular complexity index is 1310. The van der Waals surface area contributed by atoms with Crippen molar-refractivity contribution in [2.24, 2.45) is 0 Å². The van der Waals surface area contributed by atoms with Crippen LogP contribution in [0.15, 0.2) is 66.7 Å². The first-order valence-electron chi connectivity index (χ1n) is 11.9. The summed E-state index contributed by atoms with van der Waals surface area (Å²) in [7, 11) is 0. The predicted molar refractivity (Wildman–Crippen MR) is 136 cm³/mol. The Morgan fingerprint density at radius 1 is 1.03 bits per heavy atom. The molecule has 8 nitrogen and oxygen atoms in total. The minimum Gasteiger partial charge on any atom is -0.332 e. The van der Waals surface area contributed by atoms with Crippen molar-refractivity contribution in [3.63, 3.8) is 0 Å². The lowest BCUT2D eigenvalue weighted by atomic mass is 9.99. The predicted octanol–water partition coefficient (Wildman–Crippen LogP) is 3.92. The second-order valence-corrected chi connectivity index (χ2v) is 9.56. The van der Waals surface area contributed by atoms with Crippen LogP contribution >= 0.6 is 11.6 Å². The quantitative estimate of drug-likeness (QED) is 0.581. The molecule has 0 spiro atoms. The number of nitrogens with zero attached hydrogens (tertiary/aromatic N) is 3. The molecule has 0 unspecified atom stereocenters. The fourth-order valence-electron chi connectivity index (χ4n) is 5.00. The fraction of sp³-hybridized carbons (Fsp3) is 0.296. The number of halogens is 1. The molecule has 3 aromatic carbocycles. The van der Waals surface area contributed by atoms with Crippen LogP contribution in [0.5, 0.6) is 0 Å². The van der Waals surface area contributed by atoms with E-state index >= 15 is 0 Å². The zero-order valence-corrected chi connectivity index (χ0v) is 20.8. The number of fused-ring (bicyclic) bond motifs is 2. The first kappa shape index (κ1) is 24.1. The van der Waals surface area contributed by atoms with Gasteiger partial charge in [-0.2, -0.15) is 5.06 Å². The number of benzene rings is 3. The monoisotopic (exact) mass is 506 g/mol. The Morgan fingerprint density at radius 2 is 1.75 bits per heavy atom. The lowest BCUT2D eigenvalue weighted by molar-refractivity contribution is -0.244. The van der Waals surface area contributed by atoms with E-state index in [1.165, 1.54) is 9.96 Å². The maximum atomic E-state index is 13.5. The van der Waals surface area contributed by atoms with E-state index < -0.39 is 24.3 Å². The molecule has 3 atom stereocenters. The van der Waals surface area contributed by atoms with Crippen LogP contribution in [0.25, 0.3) is 10.8 Å². The number of carbonyl (C=O) groups excluding carboxylic acids is 3. The normalized spacial score (nSPS) is 22.1. The molecule has 2 heterocycles. The standard InChI is InChI=1S/C27H27ClN4O4/c1-17-25-31(24(33)16-36-32(25)27(35)29-14-19-10-12-22(28)13-11-19)18(2)26(34)30(17)15-21-8-5-7-20-6-3-4-9-23(20)21/h3-13,17-18,25H,14-16H2,1-2H3,(H,29,35)/t17-,18-,25-/m0/s1. The van der Waals surface area contributed by atoms with Crippen molar-refractivity contribution in [1.29, 1.82) is 0 Å². The number of hydroxylamine groups is 2. The number of rotatable bonds is 4. The van der Waals surface area contributed by atoms with Gasteiger partial charge >= 0.3 is 6.03 Å². The molecule has 9 heteroatoms. The molecule has 0 aromatic heterocycles. The summed E-state index contributed by atoms with van der Waals surface area (Å²) in [6.07, 6.45) is -0.765. The van der Waals surface area contributed by atoms with Crippen molar-refractivity contribution >= 4 is 40.2 Å². The summed E-state index contributed by atoms with van der Waals surface area (Å²) in [4.78, 5) is 48.3. The largest absolute Gasteiger partial charge is 0.343 e. The van der Waals surface area contributed by atoms with Crippen LogP contribution in [0, 0.1) is 0 Å². The third kappa shape index (κ3) is 4.38. The summed E-state index contributed by atoms with van der Waals surface area (Å²) in [5, 5.41) is 6.80. The van der Waals surface area contributed by atoms with E-state index in [0.717, 1.165) is 21.9 Å². The van der Waals surface area contributed by atoms with Gasteiger partial charge in [-0.3, -0.25) is 14.4 Å². The maximum absolute atomic E-state index is 13.5. The van der Waals surface area contributed by atoms with Gasteiger partial charge in [0, 0.05) is 18.1 Å². The van der Waals surface area contributed by atoms with Gasteiger partial charge in [-0.25, -0.2) is 4.79 Å². The zero-order valence-electron chi connectivity index (χ0n) is 20.1. The van der Waals surface area contributed by atoms with Crippen molar-refractivity contribution in [3.05, 3.63) is 82.9 Å². The van der Waals surface area contributed by atoms with Gasteiger partial charge in [0.2, 0.25) is 5.91 Å². The number of urea groups is 1. The maximum Gasteiger partial charge on any atom is 0.343 e. The number of hydrogen-bond acceptors (Lipinski definition) is 4. The number of piperazine rings is 1. The highest BCUT2D eigenvalue weighted by atomic mass is 35.5. The SMILES string of the molecule is C[C@H]1[C@@H]2N(C(=O)NCc3ccc(Cl)cc3)OCC(=O)N2[C@@H](C)C(=O)N1Cc1cccc2ccccc12. The van der Waals surface area contributed by atoms with E-state index in [4.69, 9.17) is 16.4 Å². The minimum atomic E-state index is -0.765. The van der Waals surface area contributed by atoms with Crippen molar-refractivity contribution < 1.29 is 19.2 Å². The number of amides is 4. The molecule has 4 amide bonds. The molecule has 3 aromatic rings. The van der Waals surface area contributed by atoms with Gasteiger partial charge in [-0.1, -0.05) is 66.2 Å². The Hall–Kier alpha value is -3.62. The molecule has 0 aliphatic carbocycles. The Labute approximate surface area is 214 Å². The third-order valence-corrected chi connectivity index (χ3v) is 7.15. The summed E-state index contributed by atoms with van der Waals surface area (Å²) in [5.41, 5.74) is 1.87. The Balaban J connectivity index is 1.40. The van der Waals surface area contributed by atoms with Gasteiger partial charge in [0.1, 0.15) is 6.04 Å². The third-order valence-electron chi connectivity index (χ3n) is 6.90. The van der Waals surface area contributed by atoms with Crippen molar-refractivity contribution in [1.82, 2.24) is 20.2 Å². The first-order valence-corrected chi connectivity index (χ1v) is 12.3. The van der Waals surface area contributed by atoms with Gasteiger partial charge in [-0.15, -0.1) is 0 Å².